The summed E-state index contributed by atoms with van der Waals surface area (Å²) in [5.74, 6) is 0.959. The molecule has 0 bridgehead atoms. The van der Waals surface area contributed by atoms with Gasteiger partial charge in [0, 0.05) is 12.6 Å². The standard InChI is InChI=1S/C18H25NO2/c1-2-5-14-6-3-4-7-18(14)20-13-17-11-10-16(21-17)12-19-15-8-9-15/h2-4,6-7,15-17,19H,1,5,8-13H2. The molecule has 0 radical (unpaired) electrons. The third-order valence-electron chi connectivity index (χ3n) is 4.17. The molecule has 21 heavy (non-hydrogen) atoms. The molecule has 3 rings (SSSR count). The van der Waals surface area contributed by atoms with Crippen molar-refractivity contribution in [3.05, 3.63) is 42.5 Å². The first kappa shape index (κ1) is 14.6. The van der Waals surface area contributed by atoms with Crippen LogP contribution in [-0.4, -0.2) is 31.4 Å². The molecule has 2 unspecified atom stereocenters. The summed E-state index contributed by atoms with van der Waals surface area (Å²) in [6.07, 6.45) is 8.25. The summed E-state index contributed by atoms with van der Waals surface area (Å²) in [6, 6.07) is 8.93. The molecule has 1 heterocycles. The average Bonchev–Trinajstić information content (AvgIpc) is 3.23. The highest BCUT2D eigenvalue weighted by Gasteiger charge is 2.28. The van der Waals surface area contributed by atoms with Gasteiger partial charge < -0.3 is 14.8 Å². The van der Waals surface area contributed by atoms with Gasteiger partial charge in [-0.1, -0.05) is 24.3 Å². The smallest absolute Gasteiger partial charge is 0.122 e. The summed E-state index contributed by atoms with van der Waals surface area (Å²) in [6.45, 7) is 5.44. The second-order valence-electron chi connectivity index (χ2n) is 6.05. The summed E-state index contributed by atoms with van der Waals surface area (Å²) in [4.78, 5) is 0. The Balaban J connectivity index is 1.43. The Labute approximate surface area is 127 Å². The van der Waals surface area contributed by atoms with Crippen molar-refractivity contribution in [3.8, 4) is 5.75 Å². The Morgan fingerprint density at radius 3 is 2.81 bits per heavy atom. The zero-order valence-corrected chi connectivity index (χ0v) is 12.6. The molecule has 0 aromatic heterocycles. The minimum atomic E-state index is 0.229. The van der Waals surface area contributed by atoms with Gasteiger partial charge >= 0.3 is 0 Å². The quantitative estimate of drug-likeness (QED) is 0.745. The largest absolute Gasteiger partial charge is 0.491 e. The van der Waals surface area contributed by atoms with Gasteiger partial charge in [-0.15, -0.1) is 6.58 Å². The SMILES string of the molecule is C=CCc1ccccc1OCC1CCC(CNC2CC2)O1. The first-order valence-electron chi connectivity index (χ1n) is 8.05. The third kappa shape index (κ3) is 4.32. The van der Waals surface area contributed by atoms with E-state index in [2.05, 4.69) is 18.0 Å². The van der Waals surface area contributed by atoms with Crippen LogP contribution in [0.25, 0.3) is 0 Å². The third-order valence-corrected chi connectivity index (χ3v) is 4.17. The number of allylic oxidation sites excluding steroid dienone is 1. The molecule has 2 atom stereocenters. The van der Waals surface area contributed by atoms with E-state index in [1.54, 1.807) is 0 Å². The lowest BCUT2D eigenvalue weighted by Crippen LogP contribution is -2.29. The molecular formula is C18H25NO2. The van der Waals surface area contributed by atoms with Crippen molar-refractivity contribution < 1.29 is 9.47 Å². The summed E-state index contributed by atoms with van der Waals surface area (Å²) in [5, 5.41) is 3.54. The molecule has 3 nitrogen and oxygen atoms in total. The Bertz CT molecular complexity index is 470. The zero-order chi connectivity index (χ0) is 14.5. The number of nitrogens with one attached hydrogen (secondary N) is 1. The number of hydrogen-bond donors (Lipinski definition) is 1. The number of para-hydroxylation sites is 1. The predicted molar refractivity (Wildman–Crippen MR) is 84.8 cm³/mol. The number of rotatable bonds is 8. The van der Waals surface area contributed by atoms with Gasteiger partial charge in [-0.25, -0.2) is 0 Å². The number of hydrogen-bond acceptors (Lipinski definition) is 3. The molecule has 1 aromatic rings. The van der Waals surface area contributed by atoms with Gasteiger partial charge in [-0.3, -0.25) is 0 Å². The van der Waals surface area contributed by atoms with E-state index in [-0.39, 0.29) is 6.10 Å². The van der Waals surface area contributed by atoms with Crippen LogP contribution in [0.2, 0.25) is 0 Å². The Morgan fingerprint density at radius 2 is 2.00 bits per heavy atom. The maximum atomic E-state index is 6.05. The predicted octanol–water partition coefficient (Wildman–Crippen LogP) is 3.09. The van der Waals surface area contributed by atoms with E-state index in [9.17, 15) is 0 Å². The number of benzene rings is 1. The summed E-state index contributed by atoms with van der Waals surface area (Å²) in [7, 11) is 0. The van der Waals surface area contributed by atoms with Gasteiger partial charge in [-0.05, 0) is 43.7 Å². The van der Waals surface area contributed by atoms with E-state index in [4.69, 9.17) is 9.47 Å². The van der Waals surface area contributed by atoms with E-state index in [0.29, 0.717) is 12.7 Å². The van der Waals surface area contributed by atoms with E-state index < -0.39 is 0 Å². The molecule has 1 saturated heterocycles. The van der Waals surface area contributed by atoms with Crippen LogP contribution in [0, 0.1) is 0 Å². The molecule has 0 amide bonds. The molecule has 1 aliphatic heterocycles. The van der Waals surface area contributed by atoms with Crippen LogP contribution in [0.5, 0.6) is 5.75 Å². The lowest BCUT2D eigenvalue weighted by atomic mass is 10.1. The van der Waals surface area contributed by atoms with Crippen molar-refractivity contribution in [1.82, 2.24) is 5.32 Å². The van der Waals surface area contributed by atoms with Crippen molar-refractivity contribution in [2.75, 3.05) is 13.2 Å². The van der Waals surface area contributed by atoms with Crippen LogP contribution >= 0.6 is 0 Å². The summed E-state index contributed by atoms with van der Waals surface area (Å²) < 4.78 is 12.0. The topological polar surface area (TPSA) is 30.5 Å². The first-order valence-corrected chi connectivity index (χ1v) is 8.05. The van der Waals surface area contributed by atoms with E-state index in [1.165, 1.54) is 18.4 Å². The van der Waals surface area contributed by atoms with Crippen molar-refractivity contribution in [1.29, 1.82) is 0 Å². The van der Waals surface area contributed by atoms with Crippen molar-refractivity contribution in [2.45, 2.75) is 50.4 Å². The summed E-state index contributed by atoms with van der Waals surface area (Å²) >= 11 is 0. The van der Waals surface area contributed by atoms with Crippen LogP contribution < -0.4 is 10.1 Å². The lowest BCUT2D eigenvalue weighted by Gasteiger charge is -2.16. The molecule has 1 aliphatic carbocycles. The lowest BCUT2D eigenvalue weighted by molar-refractivity contribution is 0.0183. The Morgan fingerprint density at radius 1 is 1.19 bits per heavy atom. The van der Waals surface area contributed by atoms with Crippen LogP contribution in [0.4, 0.5) is 0 Å². The van der Waals surface area contributed by atoms with Gasteiger partial charge in [-0.2, -0.15) is 0 Å². The van der Waals surface area contributed by atoms with Crippen molar-refractivity contribution in [3.63, 3.8) is 0 Å². The van der Waals surface area contributed by atoms with Crippen LogP contribution in [0.1, 0.15) is 31.2 Å². The maximum Gasteiger partial charge on any atom is 0.122 e. The van der Waals surface area contributed by atoms with Gasteiger partial charge in [0.05, 0.1) is 12.2 Å². The fourth-order valence-electron chi connectivity index (χ4n) is 2.79. The highest BCUT2D eigenvalue weighted by atomic mass is 16.5. The first-order chi connectivity index (χ1) is 10.3. The molecule has 1 N–H and O–H groups in total. The van der Waals surface area contributed by atoms with Crippen LogP contribution in [-0.2, 0) is 11.2 Å². The number of ether oxygens (including phenoxy) is 2. The van der Waals surface area contributed by atoms with Gasteiger partial charge in [0.1, 0.15) is 12.4 Å². The zero-order valence-electron chi connectivity index (χ0n) is 12.6. The van der Waals surface area contributed by atoms with E-state index in [1.807, 2.05) is 24.3 Å². The minimum absolute atomic E-state index is 0.229. The Kier molecular flexibility index (Phi) is 4.94. The van der Waals surface area contributed by atoms with Crippen LogP contribution in [0.15, 0.2) is 36.9 Å². The van der Waals surface area contributed by atoms with E-state index >= 15 is 0 Å². The van der Waals surface area contributed by atoms with Gasteiger partial charge in [0.25, 0.3) is 0 Å². The highest BCUT2D eigenvalue weighted by Crippen LogP contribution is 2.24. The van der Waals surface area contributed by atoms with Crippen molar-refractivity contribution in [2.24, 2.45) is 0 Å². The molecule has 1 aromatic carbocycles. The van der Waals surface area contributed by atoms with Crippen LogP contribution in [0.3, 0.4) is 0 Å². The second kappa shape index (κ2) is 7.10. The molecule has 2 fully saturated rings. The average molecular weight is 287 g/mol. The Hall–Kier alpha value is -1.32. The van der Waals surface area contributed by atoms with Gasteiger partial charge in [0.15, 0.2) is 0 Å². The summed E-state index contributed by atoms with van der Waals surface area (Å²) in [5.41, 5.74) is 1.19. The molecule has 2 aliphatic rings. The monoisotopic (exact) mass is 287 g/mol. The van der Waals surface area contributed by atoms with E-state index in [0.717, 1.165) is 37.6 Å². The minimum Gasteiger partial charge on any atom is -0.491 e. The normalized spacial score (nSPS) is 25.0. The highest BCUT2D eigenvalue weighted by molar-refractivity contribution is 5.34. The molecule has 0 spiro atoms. The molecule has 1 saturated carbocycles. The fraction of sp³-hybridized carbons (Fsp3) is 0.556. The van der Waals surface area contributed by atoms with Gasteiger partial charge in [0.2, 0.25) is 0 Å². The fourth-order valence-corrected chi connectivity index (χ4v) is 2.79. The van der Waals surface area contributed by atoms with Crippen molar-refractivity contribution >= 4 is 0 Å². The molecular weight excluding hydrogens is 262 g/mol. The second-order valence-corrected chi connectivity index (χ2v) is 6.05. The maximum absolute atomic E-state index is 6.05. The molecule has 3 heteroatoms. The molecule has 114 valence electrons.